The SMILES string of the molecule is COCC(Nc1ccc([N+](=O)[O-])cc1)C1CC1. The van der Waals surface area contributed by atoms with Crippen molar-refractivity contribution in [3.63, 3.8) is 0 Å². The molecule has 1 aromatic carbocycles. The van der Waals surface area contributed by atoms with Crippen LogP contribution in [0.5, 0.6) is 0 Å². The van der Waals surface area contributed by atoms with E-state index in [9.17, 15) is 10.1 Å². The number of hydrogen-bond acceptors (Lipinski definition) is 4. The molecule has 0 aliphatic heterocycles. The Kier molecular flexibility index (Phi) is 3.58. The maximum absolute atomic E-state index is 10.5. The minimum atomic E-state index is -0.392. The van der Waals surface area contributed by atoms with Crippen molar-refractivity contribution in [3.05, 3.63) is 34.4 Å². The lowest BCUT2D eigenvalue weighted by molar-refractivity contribution is -0.384. The molecule has 0 amide bonds. The van der Waals surface area contributed by atoms with E-state index >= 15 is 0 Å². The number of nitro groups is 1. The molecule has 1 N–H and O–H groups in total. The van der Waals surface area contributed by atoms with E-state index in [2.05, 4.69) is 5.32 Å². The van der Waals surface area contributed by atoms with Gasteiger partial charge in [-0.2, -0.15) is 0 Å². The van der Waals surface area contributed by atoms with Gasteiger partial charge in [0.1, 0.15) is 0 Å². The van der Waals surface area contributed by atoms with E-state index in [0.29, 0.717) is 18.6 Å². The van der Waals surface area contributed by atoms with Crippen LogP contribution >= 0.6 is 0 Å². The summed E-state index contributed by atoms with van der Waals surface area (Å²) in [5, 5.41) is 13.9. The smallest absolute Gasteiger partial charge is 0.269 e. The fourth-order valence-corrected chi connectivity index (χ4v) is 1.87. The van der Waals surface area contributed by atoms with E-state index < -0.39 is 4.92 Å². The Balaban J connectivity index is 1.99. The molecule has 5 heteroatoms. The summed E-state index contributed by atoms with van der Waals surface area (Å²) < 4.78 is 5.17. The normalized spacial score (nSPS) is 16.5. The summed E-state index contributed by atoms with van der Waals surface area (Å²) in [4.78, 5) is 10.1. The highest BCUT2D eigenvalue weighted by atomic mass is 16.6. The summed E-state index contributed by atoms with van der Waals surface area (Å²) >= 11 is 0. The lowest BCUT2D eigenvalue weighted by Gasteiger charge is -2.18. The molecule has 0 radical (unpaired) electrons. The molecule has 1 atom stereocenters. The standard InChI is InChI=1S/C12H16N2O3/c1-17-8-12(9-2-3-9)13-10-4-6-11(7-5-10)14(15)16/h4-7,9,12-13H,2-3,8H2,1H3. The van der Waals surface area contributed by atoms with Gasteiger partial charge in [0, 0.05) is 24.9 Å². The maximum atomic E-state index is 10.5. The van der Waals surface area contributed by atoms with Gasteiger partial charge in [-0.25, -0.2) is 0 Å². The Morgan fingerprint density at radius 3 is 2.59 bits per heavy atom. The third-order valence-electron chi connectivity index (χ3n) is 2.97. The van der Waals surface area contributed by atoms with Gasteiger partial charge >= 0.3 is 0 Å². The van der Waals surface area contributed by atoms with Gasteiger partial charge in [0.15, 0.2) is 0 Å². The Labute approximate surface area is 99.9 Å². The summed E-state index contributed by atoms with van der Waals surface area (Å²) in [7, 11) is 1.69. The Morgan fingerprint density at radius 2 is 2.12 bits per heavy atom. The number of nitrogens with one attached hydrogen (secondary N) is 1. The molecular formula is C12H16N2O3. The first-order valence-corrected chi connectivity index (χ1v) is 5.70. The second kappa shape index (κ2) is 5.14. The van der Waals surface area contributed by atoms with Gasteiger partial charge in [-0.05, 0) is 30.9 Å². The van der Waals surface area contributed by atoms with Gasteiger partial charge in [-0.15, -0.1) is 0 Å². The maximum Gasteiger partial charge on any atom is 0.269 e. The number of hydrogen-bond donors (Lipinski definition) is 1. The number of nitrogens with zero attached hydrogens (tertiary/aromatic N) is 1. The molecule has 1 aromatic rings. The lowest BCUT2D eigenvalue weighted by Crippen LogP contribution is -2.27. The van der Waals surface area contributed by atoms with Crippen molar-refractivity contribution in [1.82, 2.24) is 0 Å². The number of non-ortho nitro benzene ring substituents is 1. The predicted octanol–water partition coefficient (Wildman–Crippen LogP) is 2.43. The Morgan fingerprint density at radius 1 is 1.47 bits per heavy atom. The number of nitro benzene ring substituents is 1. The first kappa shape index (κ1) is 11.9. The van der Waals surface area contributed by atoms with Crippen LogP contribution in [0.1, 0.15) is 12.8 Å². The highest BCUT2D eigenvalue weighted by Gasteiger charge is 2.31. The highest BCUT2D eigenvalue weighted by Crippen LogP contribution is 2.34. The van der Waals surface area contributed by atoms with Crippen molar-refractivity contribution < 1.29 is 9.66 Å². The van der Waals surface area contributed by atoms with Crippen LogP contribution < -0.4 is 5.32 Å². The molecule has 1 fully saturated rings. The minimum absolute atomic E-state index is 0.116. The van der Waals surface area contributed by atoms with Gasteiger partial charge in [-0.3, -0.25) is 10.1 Å². The average molecular weight is 236 g/mol. The van der Waals surface area contributed by atoms with E-state index in [0.717, 1.165) is 5.69 Å². The van der Waals surface area contributed by atoms with Crippen molar-refractivity contribution in [2.45, 2.75) is 18.9 Å². The molecule has 17 heavy (non-hydrogen) atoms. The zero-order valence-corrected chi connectivity index (χ0v) is 9.76. The number of anilines is 1. The number of benzene rings is 1. The quantitative estimate of drug-likeness (QED) is 0.608. The van der Waals surface area contributed by atoms with Crippen molar-refractivity contribution in [3.8, 4) is 0 Å². The molecule has 0 heterocycles. The zero-order chi connectivity index (χ0) is 12.3. The highest BCUT2D eigenvalue weighted by molar-refractivity contribution is 5.49. The Bertz CT molecular complexity index is 387. The molecule has 0 aromatic heterocycles. The molecule has 1 unspecified atom stereocenters. The summed E-state index contributed by atoms with van der Waals surface area (Å²) in [5.74, 6) is 0.671. The van der Waals surface area contributed by atoms with Gasteiger partial charge in [0.25, 0.3) is 5.69 Å². The predicted molar refractivity (Wildman–Crippen MR) is 65.1 cm³/mol. The average Bonchev–Trinajstić information content (AvgIpc) is 3.13. The minimum Gasteiger partial charge on any atom is -0.383 e. The monoisotopic (exact) mass is 236 g/mol. The van der Waals surface area contributed by atoms with Crippen molar-refractivity contribution >= 4 is 11.4 Å². The number of ether oxygens (including phenoxy) is 1. The first-order chi connectivity index (χ1) is 8.20. The molecule has 0 saturated heterocycles. The van der Waals surface area contributed by atoms with Gasteiger partial charge in [-0.1, -0.05) is 0 Å². The molecular weight excluding hydrogens is 220 g/mol. The summed E-state index contributed by atoms with van der Waals surface area (Å²) in [6.07, 6.45) is 2.46. The summed E-state index contributed by atoms with van der Waals surface area (Å²) in [6.45, 7) is 0.668. The Hall–Kier alpha value is -1.62. The third kappa shape index (κ3) is 3.17. The van der Waals surface area contributed by atoms with Crippen molar-refractivity contribution in [1.29, 1.82) is 0 Å². The van der Waals surface area contributed by atoms with Gasteiger partial charge in [0.2, 0.25) is 0 Å². The fourth-order valence-electron chi connectivity index (χ4n) is 1.87. The van der Waals surface area contributed by atoms with E-state index in [1.807, 2.05) is 0 Å². The van der Waals surface area contributed by atoms with Crippen LogP contribution in [0.3, 0.4) is 0 Å². The molecule has 2 rings (SSSR count). The number of methoxy groups -OCH3 is 1. The van der Waals surface area contributed by atoms with Crippen molar-refractivity contribution in [2.75, 3.05) is 19.0 Å². The molecule has 92 valence electrons. The molecule has 5 nitrogen and oxygen atoms in total. The van der Waals surface area contributed by atoms with E-state index in [1.165, 1.54) is 25.0 Å². The van der Waals surface area contributed by atoms with Crippen LogP contribution in [0.15, 0.2) is 24.3 Å². The van der Waals surface area contributed by atoms with Crippen LogP contribution in [0.4, 0.5) is 11.4 Å². The van der Waals surface area contributed by atoms with Crippen LogP contribution in [0, 0.1) is 16.0 Å². The zero-order valence-electron chi connectivity index (χ0n) is 9.76. The fraction of sp³-hybridized carbons (Fsp3) is 0.500. The first-order valence-electron chi connectivity index (χ1n) is 5.70. The van der Waals surface area contributed by atoms with Crippen LogP contribution in [-0.4, -0.2) is 24.7 Å². The third-order valence-corrected chi connectivity index (χ3v) is 2.97. The topological polar surface area (TPSA) is 64.4 Å². The second-order valence-corrected chi connectivity index (χ2v) is 4.35. The van der Waals surface area contributed by atoms with E-state index in [4.69, 9.17) is 4.74 Å². The molecule has 1 saturated carbocycles. The summed E-state index contributed by atoms with van der Waals surface area (Å²) in [6, 6.07) is 6.81. The number of rotatable bonds is 6. The van der Waals surface area contributed by atoms with Crippen LogP contribution in [-0.2, 0) is 4.74 Å². The van der Waals surface area contributed by atoms with Crippen LogP contribution in [0.25, 0.3) is 0 Å². The molecule has 0 bridgehead atoms. The van der Waals surface area contributed by atoms with E-state index in [1.54, 1.807) is 19.2 Å². The largest absolute Gasteiger partial charge is 0.383 e. The van der Waals surface area contributed by atoms with E-state index in [-0.39, 0.29) is 5.69 Å². The van der Waals surface area contributed by atoms with Crippen LogP contribution in [0.2, 0.25) is 0 Å². The second-order valence-electron chi connectivity index (χ2n) is 4.35. The molecule has 1 aliphatic carbocycles. The molecule has 1 aliphatic rings. The lowest BCUT2D eigenvalue weighted by atomic mass is 10.2. The van der Waals surface area contributed by atoms with Gasteiger partial charge < -0.3 is 10.1 Å². The molecule has 0 spiro atoms. The van der Waals surface area contributed by atoms with Gasteiger partial charge in [0.05, 0.1) is 17.6 Å². The summed E-state index contributed by atoms with van der Waals surface area (Å²) in [5.41, 5.74) is 1.02. The van der Waals surface area contributed by atoms with Crippen molar-refractivity contribution in [2.24, 2.45) is 5.92 Å².